The molecule has 1 atom stereocenters. The molecule has 1 aliphatic heterocycles. The number of rotatable bonds is 4. The molecule has 3 nitrogen and oxygen atoms in total. The number of para-hydroxylation sites is 1. The average Bonchev–Trinajstić information content (AvgIpc) is 2.83. The number of carbonyl (C=O) groups is 1. The van der Waals surface area contributed by atoms with E-state index in [1.165, 1.54) is 11.1 Å². The molecule has 2 fully saturated rings. The standard InChI is InChI=1S/C27H26ClNO2/c1-31-24-13-9-21(10-14-24)25-27(26(30)29(25)23-5-3-2-4-6-23)17-15-20(16-18-27)19-7-11-22(28)12-8-19/h2-14,20,25H,15-18H2,1H3/t20?,25-,27?/m0/s1. The van der Waals surface area contributed by atoms with Crippen LogP contribution in [0.15, 0.2) is 78.9 Å². The summed E-state index contributed by atoms with van der Waals surface area (Å²) in [5.74, 6) is 1.58. The molecule has 1 saturated carbocycles. The van der Waals surface area contributed by atoms with Crippen LogP contribution in [0.2, 0.25) is 5.02 Å². The molecule has 0 aromatic heterocycles. The van der Waals surface area contributed by atoms with Crippen LogP contribution >= 0.6 is 11.6 Å². The molecule has 0 N–H and O–H groups in total. The molecule has 1 saturated heterocycles. The number of nitrogens with zero attached hydrogens (tertiary/aromatic N) is 1. The third-order valence-corrected chi connectivity index (χ3v) is 7.36. The maximum atomic E-state index is 13.6. The highest BCUT2D eigenvalue weighted by molar-refractivity contribution is 6.30. The highest BCUT2D eigenvalue weighted by Gasteiger charge is 2.61. The van der Waals surface area contributed by atoms with Crippen LogP contribution in [0.4, 0.5) is 5.69 Å². The molecule has 4 heteroatoms. The van der Waals surface area contributed by atoms with E-state index < -0.39 is 0 Å². The predicted molar refractivity (Wildman–Crippen MR) is 125 cm³/mol. The average molecular weight is 432 g/mol. The molecule has 2 aliphatic rings. The lowest BCUT2D eigenvalue weighted by molar-refractivity contribution is -0.143. The minimum atomic E-state index is -0.326. The van der Waals surface area contributed by atoms with Crippen molar-refractivity contribution in [3.63, 3.8) is 0 Å². The third kappa shape index (κ3) is 3.41. The molecule has 1 amide bonds. The van der Waals surface area contributed by atoms with Crippen molar-refractivity contribution in [1.29, 1.82) is 0 Å². The highest BCUT2D eigenvalue weighted by Crippen LogP contribution is 2.60. The van der Waals surface area contributed by atoms with Crippen LogP contribution in [0.3, 0.4) is 0 Å². The van der Waals surface area contributed by atoms with Gasteiger partial charge in [-0.3, -0.25) is 4.79 Å². The monoisotopic (exact) mass is 431 g/mol. The Morgan fingerprint density at radius 2 is 1.48 bits per heavy atom. The number of anilines is 1. The summed E-state index contributed by atoms with van der Waals surface area (Å²) in [6.45, 7) is 0. The molecular weight excluding hydrogens is 406 g/mol. The molecule has 5 rings (SSSR count). The van der Waals surface area contributed by atoms with E-state index in [9.17, 15) is 4.79 Å². The summed E-state index contributed by atoms with van der Waals surface area (Å²) in [5, 5.41) is 0.767. The summed E-state index contributed by atoms with van der Waals surface area (Å²) in [6, 6.07) is 26.5. The number of ether oxygens (including phenoxy) is 1. The van der Waals surface area contributed by atoms with Gasteiger partial charge in [-0.05, 0) is 79.1 Å². The maximum Gasteiger partial charge on any atom is 0.236 e. The van der Waals surface area contributed by atoms with Crippen LogP contribution in [0.25, 0.3) is 0 Å². The molecule has 1 spiro atoms. The van der Waals surface area contributed by atoms with Gasteiger partial charge in [0.2, 0.25) is 5.91 Å². The number of amides is 1. The molecular formula is C27H26ClNO2. The van der Waals surface area contributed by atoms with Gasteiger partial charge in [0.25, 0.3) is 0 Å². The van der Waals surface area contributed by atoms with E-state index >= 15 is 0 Å². The quantitative estimate of drug-likeness (QED) is 0.426. The Labute approximate surface area is 188 Å². The molecule has 3 aromatic rings. The van der Waals surface area contributed by atoms with Crippen molar-refractivity contribution in [2.24, 2.45) is 5.41 Å². The fraction of sp³-hybridized carbons (Fsp3) is 0.296. The fourth-order valence-corrected chi connectivity index (χ4v) is 5.58. The minimum absolute atomic E-state index is 0.0551. The molecule has 158 valence electrons. The van der Waals surface area contributed by atoms with Gasteiger partial charge >= 0.3 is 0 Å². The number of halogens is 1. The van der Waals surface area contributed by atoms with Crippen LogP contribution in [0.5, 0.6) is 5.75 Å². The zero-order chi connectivity index (χ0) is 21.4. The second-order valence-corrected chi connectivity index (χ2v) is 9.10. The van der Waals surface area contributed by atoms with Gasteiger partial charge in [0.05, 0.1) is 18.6 Å². The first-order valence-electron chi connectivity index (χ1n) is 10.9. The molecule has 31 heavy (non-hydrogen) atoms. The van der Waals surface area contributed by atoms with Gasteiger partial charge in [-0.1, -0.05) is 54.1 Å². The van der Waals surface area contributed by atoms with Gasteiger partial charge < -0.3 is 9.64 Å². The SMILES string of the molecule is COc1ccc([C@@H]2N(c3ccccc3)C(=O)C23CCC(c2ccc(Cl)cc2)CC3)cc1. The van der Waals surface area contributed by atoms with Crippen LogP contribution in [-0.2, 0) is 4.79 Å². The third-order valence-electron chi connectivity index (χ3n) is 7.11. The van der Waals surface area contributed by atoms with Crippen LogP contribution in [0.1, 0.15) is 48.8 Å². The maximum absolute atomic E-state index is 13.6. The molecule has 0 radical (unpaired) electrons. The van der Waals surface area contributed by atoms with Crippen molar-refractivity contribution in [3.8, 4) is 5.75 Å². The van der Waals surface area contributed by atoms with E-state index in [0.717, 1.165) is 42.1 Å². The smallest absolute Gasteiger partial charge is 0.236 e. The first-order chi connectivity index (χ1) is 15.1. The highest BCUT2D eigenvalue weighted by atomic mass is 35.5. The number of hydrogen-bond donors (Lipinski definition) is 0. The number of carbonyl (C=O) groups excluding carboxylic acids is 1. The molecule has 0 bridgehead atoms. The zero-order valence-corrected chi connectivity index (χ0v) is 18.4. The van der Waals surface area contributed by atoms with Crippen molar-refractivity contribution in [3.05, 3.63) is 95.0 Å². The van der Waals surface area contributed by atoms with Gasteiger partial charge in [0.1, 0.15) is 5.75 Å². The second-order valence-electron chi connectivity index (χ2n) is 8.67. The van der Waals surface area contributed by atoms with Crippen LogP contribution in [0, 0.1) is 5.41 Å². The van der Waals surface area contributed by atoms with Gasteiger partial charge in [-0.25, -0.2) is 0 Å². The summed E-state index contributed by atoms with van der Waals surface area (Å²) < 4.78 is 5.35. The van der Waals surface area contributed by atoms with Crippen molar-refractivity contribution >= 4 is 23.2 Å². The van der Waals surface area contributed by atoms with Crippen molar-refractivity contribution in [1.82, 2.24) is 0 Å². The van der Waals surface area contributed by atoms with E-state index in [4.69, 9.17) is 16.3 Å². The summed E-state index contributed by atoms with van der Waals surface area (Å²) in [5.41, 5.74) is 3.15. The summed E-state index contributed by atoms with van der Waals surface area (Å²) >= 11 is 6.07. The van der Waals surface area contributed by atoms with Crippen molar-refractivity contribution < 1.29 is 9.53 Å². The van der Waals surface area contributed by atoms with Crippen molar-refractivity contribution in [2.75, 3.05) is 12.0 Å². The predicted octanol–water partition coefficient (Wildman–Crippen LogP) is 6.78. The minimum Gasteiger partial charge on any atom is -0.497 e. The Bertz CT molecular complexity index is 1050. The van der Waals surface area contributed by atoms with E-state index in [2.05, 4.69) is 24.3 Å². The Balaban J connectivity index is 1.45. The zero-order valence-electron chi connectivity index (χ0n) is 17.6. The molecule has 1 heterocycles. The van der Waals surface area contributed by atoms with Gasteiger partial charge in [0.15, 0.2) is 0 Å². The Morgan fingerprint density at radius 1 is 0.871 bits per heavy atom. The Morgan fingerprint density at radius 3 is 2.10 bits per heavy atom. The van der Waals surface area contributed by atoms with E-state index in [1.807, 2.05) is 59.5 Å². The number of methoxy groups -OCH3 is 1. The summed E-state index contributed by atoms with van der Waals surface area (Å²) in [6.07, 6.45) is 3.84. The van der Waals surface area contributed by atoms with Gasteiger partial charge in [-0.15, -0.1) is 0 Å². The fourth-order valence-electron chi connectivity index (χ4n) is 5.45. The number of hydrogen-bond acceptors (Lipinski definition) is 2. The summed E-state index contributed by atoms with van der Waals surface area (Å²) in [7, 11) is 1.68. The van der Waals surface area contributed by atoms with Crippen LogP contribution in [-0.4, -0.2) is 13.0 Å². The topological polar surface area (TPSA) is 29.5 Å². The van der Waals surface area contributed by atoms with E-state index in [0.29, 0.717) is 5.92 Å². The summed E-state index contributed by atoms with van der Waals surface area (Å²) in [4.78, 5) is 15.6. The number of benzene rings is 3. The van der Waals surface area contributed by atoms with Gasteiger partial charge in [-0.2, -0.15) is 0 Å². The first kappa shape index (κ1) is 20.1. The molecule has 3 aromatic carbocycles. The number of β-lactam (4-membered cyclic amide) rings is 1. The largest absolute Gasteiger partial charge is 0.497 e. The molecule has 1 aliphatic carbocycles. The second kappa shape index (κ2) is 8.05. The van der Waals surface area contributed by atoms with E-state index in [1.54, 1.807) is 7.11 Å². The normalized spacial score (nSPS) is 25.4. The Kier molecular flexibility index (Phi) is 5.23. The molecule has 0 unspecified atom stereocenters. The lowest BCUT2D eigenvalue weighted by Crippen LogP contribution is -2.64. The lowest BCUT2D eigenvalue weighted by Gasteiger charge is -2.58. The Hall–Kier alpha value is -2.78. The van der Waals surface area contributed by atoms with Crippen molar-refractivity contribution in [2.45, 2.75) is 37.6 Å². The van der Waals surface area contributed by atoms with Crippen LogP contribution < -0.4 is 9.64 Å². The van der Waals surface area contributed by atoms with Gasteiger partial charge in [0, 0.05) is 10.7 Å². The van der Waals surface area contributed by atoms with E-state index in [-0.39, 0.29) is 17.4 Å². The first-order valence-corrected chi connectivity index (χ1v) is 11.3. The lowest BCUT2D eigenvalue weighted by atomic mass is 9.58.